The van der Waals surface area contributed by atoms with Crippen LogP contribution in [-0.2, 0) is 14.3 Å². The van der Waals surface area contributed by atoms with Crippen LogP contribution in [0, 0.1) is 0 Å². The van der Waals surface area contributed by atoms with E-state index >= 15 is 0 Å². The highest BCUT2D eigenvalue weighted by atomic mass is 16.5. The monoisotopic (exact) mass is 234 g/mol. The average molecular weight is 234 g/mol. The van der Waals surface area contributed by atoms with Gasteiger partial charge in [-0.25, -0.2) is 0 Å². The van der Waals surface area contributed by atoms with Crippen molar-refractivity contribution in [2.45, 2.75) is 6.92 Å². The maximum absolute atomic E-state index is 11.9. The Morgan fingerprint density at radius 3 is 2.12 bits per heavy atom. The summed E-state index contributed by atoms with van der Waals surface area (Å²) in [6.45, 7) is 12.7. The molecule has 0 heterocycles. The van der Waals surface area contributed by atoms with Gasteiger partial charge in [0.1, 0.15) is 5.76 Å². The van der Waals surface area contributed by atoms with Gasteiger partial charge in [0.25, 0.3) is 0 Å². The van der Waals surface area contributed by atoms with Crippen molar-refractivity contribution >= 4 is 5.78 Å². The van der Waals surface area contributed by atoms with E-state index in [2.05, 4.69) is 19.7 Å². The van der Waals surface area contributed by atoms with Crippen LogP contribution in [0.25, 0.3) is 0 Å². The summed E-state index contributed by atoms with van der Waals surface area (Å²) < 4.78 is 9.92. The maximum Gasteiger partial charge on any atom is 0.227 e. The van der Waals surface area contributed by atoms with Crippen molar-refractivity contribution in [2.75, 3.05) is 14.2 Å². The third-order valence-electron chi connectivity index (χ3n) is 2.12. The van der Waals surface area contributed by atoms with Crippen LogP contribution < -0.4 is 0 Å². The first-order valence-electron chi connectivity index (χ1n) is 5.03. The SMILES string of the molecule is C=C/C(=C\C(=C)C(=C)C(=O)/C(=C\C)OC)OC. The Morgan fingerprint density at radius 2 is 1.76 bits per heavy atom. The van der Waals surface area contributed by atoms with Crippen molar-refractivity contribution in [3.63, 3.8) is 0 Å². The molecule has 0 saturated carbocycles. The quantitative estimate of drug-likeness (QED) is 0.386. The van der Waals surface area contributed by atoms with Crippen molar-refractivity contribution in [1.29, 1.82) is 0 Å². The molecule has 0 aromatic carbocycles. The Bertz CT molecular complexity index is 398. The number of carbonyl (C=O) groups excluding carboxylic acids is 1. The number of methoxy groups -OCH3 is 2. The molecule has 17 heavy (non-hydrogen) atoms. The number of Topliss-reactive ketones (excluding diaryl/α,β-unsaturated/α-hetero) is 1. The fourth-order valence-electron chi connectivity index (χ4n) is 1.10. The van der Waals surface area contributed by atoms with E-state index in [9.17, 15) is 4.79 Å². The van der Waals surface area contributed by atoms with Gasteiger partial charge in [0.15, 0.2) is 5.76 Å². The van der Waals surface area contributed by atoms with Gasteiger partial charge >= 0.3 is 0 Å². The van der Waals surface area contributed by atoms with Gasteiger partial charge in [0.05, 0.1) is 14.2 Å². The average Bonchev–Trinajstić information content (AvgIpc) is 2.35. The van der Waals surface area contributed by atoms with Crippen LogP contribution in [0.4, 0.5) is 0 Å². The lowest BCUT2D eigenvalue weighted by Gasteiger charge is -2.08. The zero-order chi connectivity index (χ0) is 13.4. The number of rotatable bonds is 7. The Balaban J connectivity index is 4.96. The molecule has 0 aromatic heterocycles. The van der Waals surface area contributed by atoms with Gasteiger partial charge in [0.2, 0.25) is 5.78 Å². The summed E-state index contributed by atoms with van der Waals surface area (Å²) in [6.07, 6.45) is 4.70. The number of allylic oxidation sites excluding steroid dienone is 5. The summed E-state index contributed by atoms with van der Waals surface area (Å²) in [7, 11) is 2.95. The Kier molecular flexibility index (Phi) is 6.41. The van der Waals surface area contributed by atoms with E-state index in [1.54, 1.807) is 19.1 Å². The number of carbonyl (C=O) groups is 1. The number of hydrogen-bond acceptors (Lipinski definition) is 3. The standard InChI is InChI=1S/C14H18O3/c1-7-12(16-5)9-10(3)11(4)14(15)13(8-2)17-6/h7-9H,1,3-4H2,2,5-6H3/b12-9+,13-8+. The summed E-state index contributed by atoms with van der Waals surface area (Å²) in [5.41, 5.74) is 0.722. The fraction of sp³-hybridized carbons (Fsp3) is 0.214. The Hall–Kier alpha value is -2.03. The molecule has 0 aromatic rings. The molecule has 0 rings (SSSR count). The molecule has 0 fully saturated rings. The van der Waals surface area contributed by atoms with Crippen LogP contribution in [0.3, 0.4) is 0 Å². The lowest BCUT2D eigenvalue weighted by atomic mass is 10.0. The Labute approximate surface area is 102 Å². The summed E-state index contributed by atoms with van der Waals surface area (Å²) in [5.74, 6) is 0.460. The van der Waals surface area contributed by atoms with Crippen LogP contribution in [-0.4, -0.2) is 20.0 Å². The van der Waals surface area contributed by atoms with Crippen molar-refractivity contribution in [3.8, 4) is 0 Å². The third-order valence-corrected chi connectivity index (χ3v) is 2.12. The van der Waals surface area contributed by atoms with Gasteiger partial charge in [-0.1, -0.05) is 19.7 Å². The number of hydrogen-bond donors (Lipinski definition) is 0. The smallest absolute Gasteiger partial charge is 0.227 e. The predicted octanol–water partition coefficient (Wildman–Crippen LogP) is 2.93. The molecule has 3 heteroatoms. The summed E-state index contributed by atoms with van der Waals surface area (Å²) in [6, 6.07) is 0. The minimum Gasteiger partial charge on any atom is -0.497 e. The van der Waals surface area contributed by atoms with E-state index in [4.69, 9.17) is 9.47 Å². The zero-order valence-electron chi connectivity index (χ0n) is 10.6. The largest absolute Gasteiger partial charge is 0.497 e. The van der Waals surface area contributed by atoms with E-state index in [-0.39, 0.29) is 17.1 Å². The van der Waals surface area contributed by atoms with Crippen molar-refractivity contribution in [3.05, 3.63) is 60.6 Å². The van der Waals surface area contributed by atoms with Crippen molar-refractivity contribution < 1.29 is 14.3 Å². The second-order valence-corrected chi connectivity index (χ2v) is 3.14. The normalized spacial score (nSPS) is 11.7. The van der Waals surface area contributed by atoms with Crippen LogP contribution >= 0.6 is 0 Å². The van der Waals surface area contributed by atoms with E-state index < -0.39 is 0 Å². The first kappa shape index (κ1) is 15.0. The van der Waals surface area contributed by atoms with Crippen LogP contribution in [0.15, 0.2) is 60.6 Å². The molecule has 0 unspecified atom stereocenters. The van der Waals surface area contributed by atoms with Crippen molar-refractivity contribution in [1.82, 2.24) is 0 Å². The molecule has 92 valence electrons. The maximum atomic E-state index is 11.9. The lowest BCUT2D eigenvalue weighted by molar-refractivity contribution is -0.114. The summed E-state index contributed by atoms with van der Waals surface area (Å²) >= 11 is 0. The van der Waals surface area contributed by atoms with Crippen molar-refractivity contribution in [2.24, 2.45) is 0 Å². The lowest BCUT2D eigenvalue weighted by Crippen LogP contribution is -2.08. The molecular formula is C14H18O3. The minimum atomic E-state index is -0.296. The zero-order valence-corrected chi connectivity index (χ0v) is 10.6. The van der Waals surface area contributed by atoms with Gasteiger partial charge in [-0.3, -0.25) is 4.79 Å². The second kappa shape index (κ2) is 7.28. The molecule has 3 nitrogen and oxygen atoms in total. The fourth-order valence-corrected chi connectivity index (χ4v) is 1.10. The number of ether oxygens (including phenoxy) is 2. The summed E-state index contributed by atoms with van der Waals surface area (Å²) in [5, 5.41) is 0. The molecule has 0 aliphatic heterocycles. The molecule has 0 saturated heterocycles. The highest BCUT2D eigenvalue weighted by Crippen LogP contribution is 2.16. The molecule has 0 radical (unpaired) electrons. The van der Waals surface area contributed by atoms with Crippen LogP contribution in [0.5, 0.6) is 0 Å². The highest BCUT2D eigenvalue weighted by molar-refractivity contribution is 6.09. The van der Waals surface area contributed by atoms with E-state index in [0.29, 0.717) is 11.3 Å². The predicted molar refractivity (Wildman–Crippen MR) is 69.3 cm³/mol. The Morgan fingerprint density at radius 1 is 1.18 bits per heavy atom. The van der Waals surface area contributed by atoms with Crippen LogP contribution in [0.1, 0.15) is 6.92 Å². The summed E-state index contributed by atoms with van der Waals surface area (Å²) in [4.78, 5) is 11.9. The highest BCUT2D eigenvalue weighted by Gasteiger charge is 2.14. The molecular weight excluding hydrogens is 216 g/mol. The van der Waals surface area contributed by atoms with Gasteiger partial charge in [-0.15, -0.1) is 0 Å². The van der Waals surface area contributed by atoms with E-state index in [0.717, 1.165) is 0 Å². The molecule has 0 bridgehead atoms. The molecule has 0 atom stereocenters. The first-order valence-corrected chi connectivity index (χ1v) is 5.03. The third kappa shape index (κ3) is 4.15. The first-order chi connectivity index (χ1) is 8.01. The van der Waals surface area contributed by atoms with E-state index in [1.807, 2.05) is 0 Å². The minimum absolute atomic E-state index is 0.238. The molecule has 0 spiro atoms. The molecule has 0 aliphatic carbocycles. The van der Waals surface area contributed by atoms with Crippen LogP contribution in [0.2, 0.25) is 0 Å². The van der Waals surface area contributed by atoms with E-state index in [1.165, 1.54) is 20.3 Å². The topological polar surface area (TPSA) is 35.5 Å². The van der Waals surface area contributed by atoms with Gasteiger partial charge in [0, 0.05) is 5.57 Å². The second-order valence-electron chi connectivity index (χ2n) is 3.14. The molecule has 0 amide bonds. The van der Waals surface area contributed by atoms with Gasteiger partial charge < -0.3 is 9.47 Å². The molecule has 0 aliphatic rings. The number of ketones is 1. The van der Waals surface area contributed by atoms with Gasteiger partial charge in [-0.05, 0) is 30.7 Å². The van der Waals surface area contributed by atoms with Gasteiger partial charge in [-0.2, -0.15) is 0 Å². The molecule has 0 N–H and O–H groups in total.